The minimum atomic E-state index is -4.43. The number of benzene rings is 1. The predicted octanol–water partition coefficient (Wildman–Crippen LogP) is 3.23. The van der Waals surface area contributed by atoms with E-state index in [1.54, 1.807) is 11.5 Å². The van der Waals surface area contributed by atoms with Crippen molar-refractivity contribution in [3.8, 4) is 0 Å². The molecule has 0 saturated heterocycles. The normalized spacial score (nSPS) is 16.6. The van der Waals surface area contributed by atoms with Crippen molar-refractivity contribution in [2.24, 2.45) is 0 Å². The summed E-state index contributed by atoms with van der Waals surface area (Å²) in [6.07, 6.45) is -3.42. The van der Waals surface area contributed by atoms with E-state index in [1.165, 1.54) is 0 Å². The molecule has 0 saturated carbocycles. The highest BCUT2D eigenvalue weighted by Gasteiger charge is 2.39. The van der Waals surface area contributed by atoms with E-state index in [1.807, 2.05) is 30.3 Å². The number of alkyl halides is 3. The van der Waals surface area contributed by atoms with E-state index in [0.29, 0.717) is 5.71 Å². The Morgan fingerprint density at radius 2 is 1.82 bits per heavy atom. The van der Waals surface area contributed by atoms with Crippen LogP contribution in [0.2, 0.25) is 0 Å². The smallest absolute Gasteiger partial charge is 0.430 e. The van der Waals surface area contributed by atoms with Crippen molar-refractivity contribution < 1.29 is 22.5 Å². The van der Waals surface area contributed by atoms with Crippen molar-refractivity contribution in [1.82, 2.24) is 0 Å². The molecule has 0 N–H and O–H groups in total. The van der Waals surface area contributed by atoms with Gasteiger partial charge in [-0.15, -0.1) is 0 Å². The van der Waals surface area contributed by atoms with Gasteiger partial charge in [-0.25, -0.2) is 0 Å². The number of hydrogen-bond acceptors (Lipinski definition) is 1. The molecular weight excluding hydrogens is 231 g/mol. The van der Waals surface area contributed by atoms with Crippen molar-refractivity contribution in [3.05, 3.63) is 42.2 Å². The molecular formula is C12H11F3NO+. The number of rotatable bonds is 1. The molecule has 0 unspecified atom stereocenters. The van der Waals surface area contributed by atoms with Crippen LogP contribution in [0.4, 0.5) is 18.9 Å². The molecule has 1 aliphatic heterocycles. The average Bonchev–Trinajstić information content (AvgIpc) is 2.29. The second-order valence-corrected chi connectivity index (χ2v) is 3.68. The molecule has 1 heterocycles. The van der Waals surface area contributed by atoms with Crippen molar-refractivity contribution >= 4 is 11.4 Å². The van der Waals surface area contributed by atoms with Crippen LogP contribution in [0.5, 0.6) is 0 Å². The first-order valence-corrected chi connectivity index (χ1v) is 5.06. The van der Waals surface area contributed by atoms with E-state index >= 15 is 0 Å². The predicted molar refractivity (Wildman–Crippen MR) is 57.1 cm³/mol. The van der Waals surface area contributed by atoms with Crippen molar-refractivity contribution in [3.63, 3.8) is 0 Å². The van der Waals surface area contributed by atoms with Crippen LogP contribution >= 0.6 is 0 Å². The second kappa shape index (κ2) is 4.24. The maximum atomic E-state index is 12.4. The van der Waals surface area contributed by atoms with E-state index in [4.69, 9.17) is 4.74 Å². The van der Waals surface area contributed by atoms with Gasteiger partial charge in [-0.2, -0.15) is 17.7 Å². The third-order valence-electron chi connectivity index (χ3n) is 2.46. The molecule has 0 atom stereocenters. The third-order valence-corrected chi connectivity index (χ3v) is 2.46. The molecule has 90 valence electrons. The molecule has 0 aliphatic carbocycles. The van der Waals surface area contributed by atoms with Crippen LogP contribution in [0.3, 0.4) is 0 Å². The lowest BCUT2D eigenvalue weighted by Gasteiger charge is -2.16. The zero-order chi connectivity index (χ0) is 12.5. The highest BCUT2D eigenvalue weighted by Crippen LogP contribution is 2.29. The van der Waals surface area contributed by atoms with E-state index < -0.39 is 11.9 Å². The molecule has 2 rings (SSSR count). The summed E-state index contributed by atoms with van der Waals surface area (Å²) in [4.78, 5) is 0. The zero-order valence-corrected chi connectivity index (χ0v) is 9.16. The molecule has 0 amide bonds. The Labute approximate surface area is 96.6 Å². The first-order chi connectivity index (χ1) is 7.98. The molecule has 17 heavy (non-hydrogen) atoms. The van der Waals surface area contributed by atoms with Crippen LogP contribution in [0.25, 0.3) is 0 Å². The Hall–Kier alpha value is -1.78. The summed E-state index contributed by atoms with van der Waals surface area (Å²) >= 11 is 0. The maximum Gasteiger partial charge on any atom is 0.449 e. The van der Waals surface area contributed by atoms with Gasteiger partial charge in [-0.05, 0) is 0 Å². The fourth-order valence-corrected chi connectivity index (χ4v) is 1.59. The summed E-state index contributed by atoms with van der Waals surface area (Å²) in [6.45, 7) is 1.50. The third kappa shape index (κ3) is 2.49. The van der Waals surface area contributed by atoms with Gasteiger partial charge in [0.25, 0.3) is 6.73 Å². The first kappa shape index (κ1) is 11.7. The Bertz CT molecular complexity index is 474. The van der Waals surface area contributed by atoms with Crippen LogP contribution in [0.1, 0.15) is 6.92 Å². The number of allylic oxidation sites excluding steroid dienone is 2. The molecule has 0 fully saturated rings. The van der Waals surface area contributed by atoms with Crippen molar-refractivity contribution in [2.45, 2.75) is 13.1 Å². The van der Waals surface area contributed by atoms with Crippen LogP contribution in [-0.2, 0) is 4.74 Å². The Balaban J connectivity index is 2.36. The van der Waals surface area contributed by atoms with Gasteiger partial charge in [-0.1, -0.05) is 18.2 Å². The van der Waals surface area contributed by atoms with Crippen molar-refractivity contribution in [1.29, 1.82) is 0 Å². The molecule has 5 heteroatoms. The summed E-state index contributed by atoms with van der Waals surface area (Å²) in [5.74, 6) is -0.942. The van der Waals surface area contributed by atoms with Gasteiger partial charge in [0.15, 0.2) is 5.71 Å². The standard InChI is InChI=1S/C12H11F3NO/c1-9-7-11(12(13,14)15)17-8-16(9)10-5-3-2-4-6-10/h2-7H,8H2,1H3/q+1. The van der Waals surface area contributed by atoms with E-state index in [2.05, 4.69) is 0 Å². The topological polar surface area (TPSA) is 12.2 Å². The highest BCUT2D eigenvalue weighted by molar-refractivity contribution is 5.90. The number of ether oxygens (including phenoxy) is 1. The highest BCUT2D eigenvalue weighted by atomic mass is 19.4. The van der Waals surface area contributed by atoms with Crippen molar-refractivity contribution in [2.75, 3.05) is 6.73 Å². The lowest BCUT2D eigenvalue weighted by atomic mass is 10.2. The quantitative estimate of drug-likeness (QED) is 0.689. The zero-order valence-electron chi connectivity index (χ0n) is 9.16. The first-order valence-electron chi connectivity index (χ1n) is 5.06. The number of halogens is 3. The van der Waals surface area contributed by atoms with Gasteiger partial charge in [0, 0.05) is 19.1 Å². The SMILES string of the molecule is CC1=[N+](c2ccccc2)COC(C(F)(F)F)=C1. The largest absolute Gasteiger partial charge is 0.449 e. The van der Waals surface area contributed by atoms with Gasteiger partial charge >= 0.3 is 6.18 Å². The number of nitrogens with zero attached hydrogens (tertiary/aromatic N) is 1. The average molecular weight is 242 g/mol. The molecule has 1 aromatic rings. The number of para-hydroxylation sites is 1. The van der Waals surface area contributed by atoms with Gasteiger partial charge in [-0.3, -0.25) is 0 Å². The minimum absolute atomic E-state index is 0.124. The molecule has 1 aromatic carbocycles. The Morgan fingerprint density at radius 3 is 2.35 bits per heavy atom. The lowest BCUT2D eigenvalue weighted by molar-refractivity contribution is -0.492. The molecule has 0 radical (unpaired) electrons. The van der Waals surface area contributed by atoms with Crippen LogP contribution in [0.15, 0.2) is 42.2 Å². The molecule has 2 nitrogen and oxygen atoms in total. The monoisotopic (exact) mass is 242 g/mol. The summed E-state index contributed by atoms with van der Waals surface area (Å²) in [5.41, 5.74) is 1.32. The van der Waals surface area contributed by atoms with Crippen LogP contribution in [0, 0.1) is 0 Å². The maximum absolute atomic E-state index is 12.4. The second-order valence-electron chi connectivity index (χ2n) is 3.68. The summed E-state index contributed by atoms with van der Waals surface area (Å²) in [6, 6.07) is 9.14. The van der Waals surface area contributed by atoms with Gasteiger partial charge in [0.05, 0.1) is 6.08 Å². The fourth-order valence-electron chi connectivity index (χ4n) is 1.59. The Kier molecular flexibility index (Phi) is 2.92. The van der Waals surface area contributed by atoms with E-state index in [0.717, 1.165) is 11.8 Å². The molecule has 1 aliphatic rings. The van der Waals surface area contributed by atoms with E-state index in [9.17, 15) is 13.2 Å². The minimum Gasteiger partial charge on any atom is -0.430 e. The van der Waals surface area contributed by atoms with Crippen LogP contribution < -0.4 is 0 Å². The van der Waals surface area contributed by atoms with Gasteiger partial charge in [0.2, 0.25) is 11.4 Å². The fraction of sp³-hybridized carbons (Fsp3) is 0.250. The number of hydrogen-bond donors (Lipinski definition) is 0. The summed E-state index contributed by atoms with van der Waals surface area (Å²) < 4.78 is 43.7. The molecule has 0 spiro atoms. The van der Waals surface area contributed by atoms with Gasteiger partial charge in [0.1, 0.15) is 0 Å². The summed E-state index contributed by atoms with van der Waals surface area (Å²) in [7, 11) is 0. The molecule has 0 bridgehead atoms. The van der Waals surface area contributed by atoms with Crippen LogP contribution in [-0.4, -0.2) is 23.2 Å². The molecule has 0 aromatic heterocycles. The lowest BCUT2D eigenvalue weighted by Crippen LogP contribution is -2.27. The van der Waals surface area contributed by atoms with Gasteiger partial charge < -0.3 is 4.74 Å². The summed E-state index contributed by atoms with van der Waals surface area (Å²) in [5, 5.41) is 0. The van der Waals surface area contributed by atoms with E-state index in [-0.39, 0.29) is 6.73 Å². The Morgan fingerprint density at radius 1 is 1.18 bits per heavy atom.